The molecule has 1 aromatic rings. The molecular weight excluding hydrogens is 246 g/mol. The lowest BCUT2D eigenvalue weighted by Gasteiger charge is -2.35. The molecule has 0 fully saturated rings. The molecule has 0 spiro atoms. The lowest BCUT2D eigenvalue weighted by atomic mass is 10.1. The predicted molar refractivity (Wildman–Crippen MR) is 74.7 cm³/mol. The lowest BCUT2D eigenvalue weighted by Crippen LogP contribution is -2.45. The van der Waals surface area contributed by atoms with Crippen LogP contribution in [0, 0.1) is 0 Å². The number of hydrogen-bond donors (Lipinski definition) is 3. The average molecular weight is 269 g/mol. The topological polar surface area (TPSA) is 96.5 Å². The Morgan fingerprint density at radius 2 is 2.16 bits per heavy atom. The van der Waals surface area contributed by atoms with Gasteiger partial charge in [0.05, 0.1) is 12.1 Å². The highest BCUT2D eigenvalue weighted by Crippen LogP contribution is 2.22. The Kier molecular flexibility index (Phi) is 5.46. The van der Waals surface area contributed by atoms with Crippen molar-refractivity contribution in [3.8, 4) is 0 Å². The molecule has 1 aromatic heterocycles. The zero-order valence-electron chi connectivity index (χ0n) is 12.0. The van der Waals surface area contributed by atoms with Crippen molar-refractivity contribution >= 4 is 11.6 Å². The summed E-state index contributed by atoms with van der Waals surface area (Å²) < 4.78 is 5.30. The van der Waals surface area contributed by atoms with E-state index in [1.807, 2.05) is 32.7 Å². The van der Waals surface area contributed by atoms with E-state index in [0.717, 1.165) is 0 Å². The summed E-state index contributed by atoms with van der Waals surface area (Å²) in [4.78, 5) is 10.5. The molecule has 0 bridgehead atoms. The van der Waals surface area contributed by atoms with Crippen molar-refractivity contribution in [1.82, 2.24) is 9.97 Å². The summed E-state index contributed by atoms with van der Waals surface area (Å²) in [7, 11) is 1.86. The normalized spacial score (nSPS) is 11.5. The Morgan fingerprint density at radius 3 is 2.68 bits per heavy atom. The number of anilines is 2. The average Bonchev–Trinajstić information content (AvgIpc) is 2.43. The first-order chi connectivity index (χ1) is 8.94. The van der Waals surface area contributed by atoms with Gasteiger partial charge in [-0.1, -0.05) is 0 Å². The van der Waals surface area contributed by atoms with Crippen LogP contribution >= 0.6 is 0 Å². The molecule has 0 saturated carbocycles. The first-order valence-electron chi connectivity index (χ1n) is 6.21. The van der Waals surface area contributed by atoms with Crippen LogP contribution in [0.15, 0.2) is 6.07 Å². The van der Waals surface area contributed by atoms with E-state index < -0.39 is 5.54 Å². The van der Waals surface area contributed by atoms with E-state index >= 15 is 0 Å². The zero-order chi connectivity index (χ0) is 14.5. The van der Waals surface area contributed by atoms with Gasteiger partial charge in [0.15, 0.2) is 5.82 Å². The zero-order valence-corrected chi connectivity index (χ0v) is 12.0. The van der Waals surface area contributed by atoms with Crippen molar-refractivity contribution in [1.29, 1.82) is 0 Å². The van der Waals surface area contributed by atoms with Gasteiger partial charge in [-0.25, -0.2) is 15.8 Å². The van der Waals surface area contributed by atoms with Gasteiger partial charge in [-0.2, -0.15) is 0 Å². The van der Waals surface area contributed by atoms with Crippen LogP contribution in [-0.4, -0.2) is 40.9 Å². The molecule has 0 aliphatic heterocycles. The Hall–Kier alpha value is -1.44. The first-order valence-corrected chi connectivity index (χ1v) is 6.21. The first kappa shape index (κ1) is 15.6. The number of nitrogens with two attached hydrogens (primary N) is 1. The molecule has 108 valence electrons. The molecule has 0 atom stereocenters. The van der Waals surface area contributed by atoms with Crippen LogP contribution < -0.4 is 16.2 Å². The minimum atomic E-state index is -0.427. The molecule has 4 N–H and O–H groups in total. The minimum Gasteiger partial charge on any atom is -0.394 e. The number of ether oxygens (including phenoxy) is 1. The van der Waals surface area contributed by atoms with E-state index in [2.05, 4.69) is 15.4 Å². The second kappa shape index (κ2) is 6.65. The summed E-state index contributed by atoms with van der Waals surface area (Å²) in [6.07, 6.45) is 0. The number of nitrogen functional groups attached to an aromatic ring is 1. The van der Waals surface area contributed by atoms with Crippen molar-refractivity contribution < 1.29 is 9.84 Å². The van der Waals surface area contributed by atoms with E-state index in [1.165, 1.54) is 0 Å². The number of nitrogens with one attached hydrogen (secondary N) is 1. The molecule has 0 aromatic carbocycles. The van der Waals surface area contributed by atoms with Crippen molar-refractivity contribution in [3.63, 3.8) is 0 Å². The molecule has 0 radical (unpaired) electrons. The molecule has 0 aliphatic rings. The van der Waals surface area contributed by atoms with Crippen LogP contribution in [0.4, 0.5) is 11.6 Å². The number of hydrogen-bond acceptors (Lipinski definition) is 7. The van der Waals surface area contributed by atoms with Crippen LogP contribution in [0.5, 0.6) is 0 Å². The maximum Gasteiger partial charge on any atom is 0.158 e. The minimum absolute atomic E-state index is 0.0136. The van der Waals surface area contributed by atoms with Crippen LogP contribution in [0.25, 0.3) is 0 Å². The second-order valence-corrected chi connectivity index (χ2v) is 4.84. The third-order valence-corrected chi connectivity index (χ3v) is 2.98. The smallest absolute Gasteiger partial charge is 0.158 e. The highest BCUT2D eigenvalue weighted by Gasteiger charge is 2.24. The van der Waals surface area contributed by atoms with E-state index in [-0.39, 0.29) is 6.61 Å². The fourth-order valence-electron chi connectivity index (χ4n) is 1.40. The molecule has 1 rings (SSSR count). The third-order valence-electron chi connectivity index (χ3n) is 2.98. The lowest BCUT2D eigenvalue weighted by molar-refractivity contribution is 0.128. The number of likely N-dealkylation sites (N-methyl/N-ethyl adjacent to an activating group) is 1. The van der Waals surface area contributed by atoms with Crippen molar-refractivity contribution in [3.05, 3.63) is 11.9 Å². The van der Waals surface area contributed by atoms with Crippen molar-refractivity contribution in [2.45, 2.75) is 32.9 Å². The van der Waals surface area contributed by atoms with Crippen LogP contribution in [-0.2, 0) is 11.3 Å². The largest absolute Gasteiger partial charge is 0.394 e. The number of hydrazine groups is 1. The molecule has 0 aliphatic carbocycles. The van der Waals surface area contributed by atoms with Gasteiger partial charge in [-0.15, -0.1) is 0 Å². The highest BCUT2D eigenvalue weighted by molar-refractivity contribution is 5.50. The van der Waals surface area contributed by atoms with Gasteiger partial charge in [0, 0.05) is 19.7 Å². The molecule has 7 nitrogen and oxygen atoms in total. The summed E-state index contributed by atoms with van der Waals surface area (Å²) in [5.41, 5.74) is 2.09. The Morgan fingerprint density at radius 1 is 1.47 bits per heavy atom. The SMILES string of the molecule is CCOCc1nc(NN)cc(N(C)C(C)(C)CO)n1. The Bertz CT molecular complexity index is 411. The van der Waals surface area contributed by atoms with Crippen molar-refractivity contribution in [2.75, 3.05) is 30.6 Å². The summed E-state index contributed by atoms with van der Waals surface area (Å²) in [6.45, 7) is 6.69. The fraction of sp³-hybridized carbons (Fsp3) is 0.667. The van der Waals surface area contributed by atoms with Gasteiger partial charge in [0.1, 0.15) is 18.2 Å². The number of aliphatic hydroxyl groups is 1. The standard InChI is InChI=1S/C12H23N5O2/c1-5-19-7-10-14-9(16-13)6-11(15-10)17(4)12(2,3)8-18/h6,18H,5,7-8,13H2,1-4H3,(H,14,15,16). The Balaban J connectivity index is 3.05. The molecule has 0 unspecified atom stereocenters. The van der Waals surface area contributed by atoms with Gasteiger partial charge >= 0.3 is 0 Å². The third kappa shape index (κ3) is 4.02. The van der Waals surface area contributed by atoms with Crippen LogP contribution in [0.3, 0.4) is 0 Å². The van der Waals surface area contributed by atoms with Gasteiger partial charge < -0.3 is 20.2 Å². The molecule has 0 saturated heterocycles. The summed E-state index contributed by atoms with van der Waals surface area (Å²) in [5.74, 6) is 7.15. The van der Waals surface area contributed by atoms with E-state index in [1.54, 1.807) is 6.07 Å². The maximum absolute atomic E-state index is 9.41. The van der Waals surface area contributed by atoms with Gasteiger partial charge in [-0.3, -0.25) is 0 Å². The quantitative estimate of drug-likeness (QED) is 0.490. The summed E-state index contributed by atoms with van der Waals surface area (Å²) in [5, 5.41) is 9.41. The monoisotopic (exact) mass is 269 g/mol. The number of aromatic nitrogens is 2. The summed E-state index contributed by atoms with van der Waals surface area (Å²) >= 11 is 0. The molecule has 7 heteroatoms. The molecular formula is C12H23N5O2. The van der Waals surface area contributed by atoms with Crippen molar-refractivity contribution in [2.24, 2.45) is 5.84 Å². The van der Waals surface area contributed by atoms with E-state index in [9.17, 15) is 5.11 Å². The second-order valence-electron chi connectivity index (χ2n) is 4.84. The summed E-state index contributed by atoms with van der Waals surface area (Å²) in [6, 6.07) is 1.73. The number of nitrogens with zero attached hydrogens (tertiary/aromatic N) is 3. The van der Waals surface area contributed by atoms with Gasteiger partial charge in [0.2, 0.25) is 0 Å². The predicted octanol–water partition coefficient (Wildman–Crippen LogP) is 0.506. The fourth-order valence-corrected chi connectivity index (χ4v) is 1.40. The molecule has 1 heterocycles. The molecule has 0 amide bonds. The van der Waals surface area contributed by atoms with E-state index in [4.69, 9.17) is 10.6 Å². The van der Waals surface area contributed by atoms with Crippen LogP contribution in [0.2, 0.25) is 0 Å². The van der Waals surface area contributed by atoms with Gasteiger partial charge in [0.25, 0.3) is 0 Å². The van der Waals surface area contributed by atoms with Gasteiger partial charge in [-0.05, 0) is 20.8 Å². The van der Waals surface area contributed by atoms with E-state index in [0.29, 0.717) is 30.7 Å². The maximum atomic E-state index is 9.41. The molecule has 19 heavy (non-hydrogen) atoms. The number of rotatable bonds is 7. The number of aliphatic hydroxyl groups excluding tert-OH is 1. The highest BCUT2D eigenvalue weighted by atomic mass is 16.5. The van der Waals surface area contributed by atoms with Crippen LogP contribution in [0.1, 0.15) is 26.6 Å². The Labute approximate surface area is 113 Å².